The van der Waals surface area contributed by atoms with E-state index in [2.05, 4.69) is 30.2 Å². The summed E-state index contributed by atoms with van der Waals surface area (Å²) < 4.78 is 5.86. The van der Waals surface area contributed by atoms with Gasteiger partial charge in [0.1, 0.15) is 11.5 Å². The Balaban J connectivity index is 2.12. The second-order valence-corrected chi connectivity index (χ2v) is 4.43. The van der Waals surface area contributed by atoms with Crippen LogP contribution in [0, 0.1) is 0 Å². The zero-order chi connectivity index (χ0) is 12.8. The van der Waals surface area contributed by atoms with Crippen molar-refractivity contribution in [3.8, 4) is 11.5 Å². The molecule has 3 nitrogen and oxygen atoms in total. The molecule has 1 N–H and O–H groups in total. The van der Waals surface area contributed by atoms with Gasteiger partial charge in [0.25, 0.3) is 0 Å². The molecule has 2 rings (SSSR count). The van der Waals surface area contributed by atoms with Gasteiger partial charge in [0.15, 0.2) is 0 Å². The second-order valence-electron chi connectivity index (χ2n) is 4.43. The number of benzene rings is 1. The topological polar surface area (TPSA) is 34.1 Å². The molecule has 94 valence electrons. The fourth-order valence-corrected chi connectivity index (χ4v) is 1.60. The van der Waals surface area contributed by atoms with Crippen LogP contribution in [-0.2, 0) is 6.54 Å². The molecule has 3 heteroatoms. The molecule has 1 aromatic carbocycles. The first-order valence-electron chi connectivity index (χ1n) is 6.15. The lowest BCUT2D eigenvalue weighted by molar-refractivity contribution is 0.469. The molecule has 2 aromatic rings. The van der Waals surface area contributed by atoms with Crippen LogP contribution in [0.3, 0.4) is 0 Å². The molecule has 1 aromatic heterocycles. The van der Waals surface area contributed by atoms with Gasteiger partial charge in [-0.25, -0.2) is 0 Å². The predicted octanol–water partition coefficient (Wildman–Crippen LogP) is 3.37. The van der Waals surface area contributed by atoms with Crippen LogP contribution in [0.25, 0.3) is 0 Å². The summed E-state index contributed by atoms with van der Waals surface area (Å²) in [5, 5.41) is 3.40. The third-order valence-electron chi connectivity index (χ3n) is 2.55. The molecule has 0 radical (unpaired) electrons. The fraction of sp³-hybridized carbons (Fsp3) is 0.267. The van der Waals surface area contributed by atoms with Crippen molar-refractivity contribution < 1.29 is 4.74 Å². The summed E-state index contributed by atoms with van der Waals surface area (Å²) in [6, 6.07) is 12.2. The standard InChI is InChI=1S/C15H18N2O/c1-12(2)17-11-13-5-3-4-6-15(13)18-14-7-9-16-10-8-14/h3-10,12,17H,11H2,1-2H3. The molecule has 18 heavy (non-hydrogen) atoms. The highest BCUT2D eigenvalue weighted by atomic mass is 16.5. The van der Waals surface area contributed by atoms with Crippen LogP contribution in [0.2, 0.25) is 0 Å². The molecule has 0 saturated heterocycles. The Hall–Kier alpha value is -1.87. The normalized spacial score (nSPS) is 10.6. The van der Waals surface area contributed by atoms with Crippen molar-refractivity contribution in [2.24, 2.45) is 0 Å². The zero-order valence-electron chi connectivity index (χ0n) is 10.8. The van der Waals surface area contributed by atoms with Crippen LogP contribution in [0.4, 0.5) is 0 Å². The van der Waals surface area contributed by atoms with Gasteiger partial charge in [-0.05, 0) is 18.2 Å². The lowest BCUT2D eigenvalue weighted by Gasteiger charge is -2.13. The van der Waals surface area contributed by atoms with Crippen LogP contribution in [0.5, 0.6) is 11.5 Å². The van der Waals surface area contributed by atoms with Crippen LogP contribution in [0.15, 0.2) is 48.8 Å². The molecule has 0 spiro atoms. The van der Waals surface area contributed by atoms with Crippen LogP contribution in [0.1, 0.15) is 19.4 Å². The van der Waals surface area contributed by atoms with E-state index in [1.165, 1.54) is 0 Å². The van der Waals surface area contributed by atoms with Crippen molar-refractivity contribution in [1.29, 1.82) is 0 Å². The van der Waals surface area contributed by atoms with Gasteiger partial charge >= 0.3 is 0 Å². The molecule has 0 fully saturated rings. The van der Waals surface area contributed by atoms with Crippen molar-refractivity contribution in [2.75, 3.05) is 0 Å². The van der Waals surface area contributed by atoms with E-state index in [0.717, 1.165) is 23.6 Å². The average molecular weight is 242 g/mol. The molecule has 0 bridgehead atoms. The summed E-state index contributed by atoms with van der Waals surface area (Å²) in [6.07, 6.45) is 3.45. The summed E-state index contributed by atoms with van der Waals surface area (Å²) in [4.78, 5) is 3.98. The lowest BCUT2D eigenvalue weighted by atomic mass is 10.2. The van der Waals surface area contributed by atoms with Gasteiger partial charge in [0, 0.05) is 30.5 Å². The maximum Gasteiger partial charge on any atom is 0.131 e. The van der Waals surface area contributed by atoms with E-state index in [0.29, 0.717) is 6.04 Å². The molecule has 0 atom stereocenters. The minimum atomic E-state index is 0.457. The number of hydrogen-bond acceptors (Lipinski definition) is 3. The Morgan fingerprint density at radius 3 is 2.56 bits per heavy atom. The van der Waals surface area contributed by atoms with Crippen molar-refractivity contribution >= 4 is 0 Å². The summed E-state index contributed by atoms with van der Waals surface area (Å²) in [6.45, 7) is 5.07. The molecular weight excluding hydrogens is 224 g/mol. The molecule has 0 saturated carbocycles. The SMILES string of the molecule is CC(C)NCc1ccccc1Oc1ccncc1. The fourth-order valence-electron chi connectivity index (χ4n) is 1.60. The van der Waals surface area contributed by atoms with E-state index in [1.54, 1.807) is 12.4 Å². The van der Waals surface area contributed by atoms with Crippen molar-refractivity contribution in [1.82, 2.24) is 10.3 Å². The zero-order valence-corrected chi connectivity index (χ0v) is 10.8. The van der Waals surface area contributed by atoms with E-state index >= 15 is 0 Å². The first-order valence-corrected chi connectivity index (χ1v) is 6.15. The van der Waals surface area contributed by atoms with Crippen molar-refractivity contribution in [3.05, 3.63) is 54.4 Å². The number of rotatable bonds is 5. The van der Waals surface area contributed by atoms with Gasteiger partial charge in [-0.1, -0.05) is 32.0 Å². The van der Waals surface area contributed by atoms with Gasteiger partial charge < -0.3 is 10.1 Å². The smallest absolute Gasteiger partial charge is 0.131 e. The van der Waals surface area contributed by atoms with Gasteiger partial charge in [-0.15, -0.1) is 0 Å². The Labute approximate surface area is 108 Å². The van der Waals surface area contributed by atoms with Crippen LogP contribution in [-0.4, -0.2) is 11.0 Å². The predicted molar refractivity (Wildman–Crippen MR) is 72.7 cm³/mol. The quantitative estimate of drug-likeness (QED) is 0.872. The summed E-state index contributed by atoms with van der Waals surface area (Å²) in [5.74, 6) is 1.69. The first kappa shape index (κ1) is 12.6. The monoisotopic (exact) mass is 242 g/mol. The molecule has 0 unspecified atom stereocenters. The molecule has 1 heterocycles. The van der Waals surface area contributed by atoms with Gasteiger partial charge in [0.05, 0.1) is 0 Å². The van der Waals surface area contributed by atoms with Crippen LogP contribution < -0.4 is 10.1 Å². The maximum atomic E-state index is 5.86. The molecule has 0 amide bonds. The van der Waals surface area contributed by atoms with Crippen molar-refractivity contribution in [2.45, 2.75) is 26.4 Å². The molecule has 0 aliphatic rings. The Morgan fingerprint density at radius 1 is 1.11 bits per heavy atom. The Kier molecular flexibility index (Phi) is 4.31. The molecule has 0 aliphatic carbocycles. The highest BCUT2D eigenvalue weighted by Crippen LogP contribution is 2.24. The number of nitrogens with one attached hydrogen (secondary N) is 1. The van der Waals surface area contributed by atoms with Gasteiger partial charge in [-0.3, -0.25) is 4.98 Å². The highest BCUT2D eigenvalue weighted by molar-refractivity contribution is 5.37. The largest absolute Gasteiger partial charge is 0.457 e. The third kappa shape index (κ3) is 3.57. The average Bonchev–Trinajstić information content (AvgIpc) is 2.39. The minimum absolute atomic E-state index is 0.457. The number of nitrogens with zero attached hydrogens (tertiary/aromatic N) is 1. The molecule has 0 aliphatic heterocycles. The van der Waals surface area contributed by atoms with Crippen molar-refractivity contribution in [3.63, 3.8) is 0 Å². The second kappa shape index (κ2) is 6.17. The molecular formula is C15H18N2O. The number of pyridine rings is 1. The Bertz CT molecular complexity index is 483. The summed E-state index contributed by atoms with van der Waals surface area (Å²) in [5.41, 5.74) is 1.16. The third-order valence-corrected chi connectivity index (χ3v) is 2.55. The van der Waals surface area contributed by atoms with E-state index in [1.807, 2.05) is 30.3 Å². The van der Waals surface area contributed by atoms with E-state index < -0.39 is 0 Å². The number of aromatic nitrogens is 1. The first-order chi connectivity index (χ1) is 8.75. The maximum absolute atomic E-state index is 5.86. The number of hydrogen-bond donors (Lipinski definition) is 1. The highest BCUT2D eigenvalue weighted by Gasteiger charge is 2.04. The number of ether oxygens (including phenoxy) is 1. The van der Waals surface area contributed by atoms with E-state index in [-0.39, 0.29) is 0 Å². The lowest BCUT2D eigenvalue weighted by Crippen LogP contribution is -2.22. The van der Waals surface area contributed by atoms with Gasteiger partial charge in [0.2, 0.25) is 0 Å². The van der Waals surface area contributed by atoms with Crippen LogP contribution >= 0.6 is 0 Å². The summed E-state index contributed by atoms with van der Waals surface area (Å²) >= 11 is 0. The Morgan fingerprint density at radius 2 is 1.83 bits per heavy atom. The van der Waals surface area contributed by atoms with E-state index in [9.17, 15) is 0 Å². The minimum Gasteiger partial charge on any atom is -0.457 e. The van der Waals surface area contributed by atoms with E-state index in [4.69, 9.17) is 4.74 Å². The summed E-state index contributed by atoms with van der Waals surface area (Å²) in [7, 11) is 0. The van der Waals surface area contributed by atoms with Gasteiger partial charge in [-0.2, -0.15) is 0 Å². The number of para-hydroxylation sites is 1.